The van der Waals surface area contributed by atoms with Gasteiger partial charge in [-0.15, -0.1) is 11.8 Å². The van der Waals surface area contributed by atoms with Crippen molar-refractivity contribution in [3.05, 3.63) is 58.3 Å². The predicted octanol–water partition coefficient (Wildman–Crippen LogP) is 5.85. The van der Waals surface area contributed by atoms with Crippen molar-refractivity contribution in [3.8, 4) is 0 Å². The lowest BCUT2D eigenvalue weighted by Gasteiger charge is -2.15. The number of hydrogen-bond acceptors (Lipinski definition) is 2. The summed E-state index contributed by atoms with van der Waals surface area (Å²) in [6.07, 6.45) is 0. The average molecular weight is 403 g/mol. The summed E-state index contributed by atoms with van der Waals surface area (Å²) in [6.45, 7) is 2.88. The monoisotopic (exact) mass is 402 g/mol. The first-order valence-electron chi connectivity index (χ1n) is 7.32. The summed E-state index contributed by atoms with van der Waals surface area (Å²) >= 11 is 18.6. The summed E-state index contributed by atoms with van der Waals surface area (Å²) < 4.78 is 13.1. The third kappa shape index (κ3) is 6.48. The van der Waals surface area contributed by atoms with Crippen LogP contribution in [0.5, 0.6) is 0 Å². The van der Waals surface area contributed by atoms with Crippen LogP contribution in [0, 0.1) is 11.7 Å². The first-order chi connectivity index (χ1) is 11.4. The smallest absolute Gasteiger partial charge is 0.170 e. The van der Waals surface area contributed by atoms with Gasteiger partial charge in [0, 0.05) is 27.9 Å². The lowest BCUT2D eigenvalue weighted by Crippen LogP contribution is -2.32. The minimum absolute atomic E-state index is 0.0653. The summed E-state index contributed by atoms with van der Waals surface area (Å²) in [5.41, 5.74) is 0.655. The molecule has 2 N–H and O–H groups in total. The molecule has 0 aromatic heterocycles. The molecule has 0 spiro atoms. The van der Waals surface area contributed by atoms with E-state index in [2.05, 4.69) is 17.6 Å². The number of halogens is 3. The summed E-state index contributed by atoms with van der Waals surface area (Å²) in [4.78, 5) is 1.19. The maximum absolute atomic E-state index is 13.1. The molecule has 0 unspecified atom stereocenters. The van der Waals surface area contributed by atoms with Crippen molar-refractivity contribution >= 4 is 58.0 Å². The first-order valence-corrected chi connectivity index (χ1v) is 9.47. The Hall–Kier alpha value is -1.01. The number of thioether (sulfide) groups is 1. The number of nitrogens with one attached hydrogen (secondary N) is 2. The van der Waals surface area contributed by atoms with E-state index in [1.54, 1.807) is 17.8 Å². The standard InChI is InChI=1S/C17H17Cl2FN2S2/c1-11(10-24-14-5-2-12(18)3-6-14)9-21-17(23)22-13-4-7-16(20)15(19)8-13/h2-8,11H,9-10H2,1H3,(H2,21,22,23)/t11-/m0/s1. The van der Waals surface area contributed by atoms with E-state index >= 15 is 0 Å². The average Bonchev–Trinajstić information content (AvgIpc) is 2.56. The number of hydrogen-bond donors (Lipinski definition) is 2. The number of anilines is 1. The Labute approximate surface area is 161 Å². The quantitative estimate of drug-likeness (QED) is 0.467. The minimum Gasteiger partial charge on any atom is -0.362 e. The Morgan fingerprint density at radius 2 is 1.92 bits per heavy atom. The second-order valence-electron chi connectivity index (χ2n) is 5.33. The molecule has 0 saturated carbocycles. The van der Waals surface area contributed by atoms with Crippen LogP contribution in [-0.2, 0) is 0 Å². The Morgan fingerprint density at radius 3 is 2.58 bits per heavy atom. The second kappa shape index (κ2) is 9.47. The van der Waals surface area contributed by atoms with E-state index in [1.807, 2.05) is 24.3 Å². The molecule has 2 aromatic rings. The van der Waals surface area contributed by atoms with Gasteiger partial charge in [0.2, 0.25) is 0 Å². The van der Waals surface area contributed by atoms with Crippen molar-refractivity contribution < 1.29 is 4.39 Å². The summed E-state index contributed by atoms with van der Waals surface area (Å²) in [7, 11) is 0. The fourth-order valence-corrected chi connectivity index (χ4v) is 3.28. The SMILES string of the molecule is C[C@@H](CNC(=S)Nc1ccc(F)c(Cl)c1)CSc1ccc(Cl)cc1. The van der Waals surface area contributed by atoms with E-state index in [4.69, 9.17) is 35.4 Å². The lowest BCUT2D eigenvalue weighted by molar-refractivity contribution is 0.628. The van der Waals surface area contributed by atoms with Gasteiger partial charge in [0.1, 0.15) is 5.82 Å². The fraction of sp³-hybridized carbons (Fsp3) is 0.235. The predicted molar refractivity (Wildman–Crippen MR) is 107 cm³/mol. The molecular weight excluding hydrogens is 386 g/mol. The maximum atomic E-state index is 13.1. The van der Waals surface area contributed by atoms with E-state index in [1.165, 1.54) is 17.0 Å². The van der Waals surface area contributed by atoms with Crippen molar-refractivity contribution in [2.24, 2.45) is 5.92 Å². The van der Waals surface area contributed by atoms with E-state index in [9.17, 15) is 4.39 Å². The lowest BCUT2D eigenvalue weighted by atomic mass is 10.2. The molecule has 0 aliphatic carbocycles. The van der Waals surface area contributed by atoms with Crippen molar-refractivity contribution in [1.29, 1.82) is 0 Å². The van der Waals surface area contributed by atoms with Gasteiger partial charge in [-0.2, -0.15) is 0 Å². The van der Waals surface area contributed by atoms with Gasteiger partial charge in [0.25, 0.3) is 0 Å². The molecule has 2 aromatic carbocycles. The first kappa shape index (κ1) is 19.3. The Balaban J connectivity index is 1.72. The largest absolute Gasteiger partial charge is 0.362 e. The topological polar surface area (TPSA) is 24.1 Å². The zero-order chi connectivity index (χ0) is 17.5. The van der Waals surface area contributed by atoms with Crippen LogP contribution in [0.3, 0.4) is 0 Å². The summed E-state index contributed by atoms with van der Waals surface area (Å²) in [5, 5.41) is 7.45. The van der Waals surface area contributed by atoms with Crippen LogP contribution in [0.4, 0.5) is 10.1 Å². The summed E-state index contributed by atoms with van der Waals surface area (Å²) in [6, 6.07) is 12.2. The molecule has 128 valence electrons. The molecule has 0 fully saturated rings. The third-order valence-corrected chi connectivity index (χ3v) is 5.27. The van der Waals surface area contributed by atoms with Gasteiger partial charge >= 0.3 is 0 Å². The highest BCUT2D eigenvalue weighted by molar-refractivity contribution is 7.99. The van der Waals surface area contributed by atoms with Crippen molar-refractivity contribution in [2.75, 3.05) is 17.6 Å². The zero-order valence-corrected chi connectivity index (χ0v) is 16.1. The van der Waals surface area contributed by atoms with Gasteiger partial charge in [-0.05, 0) is 60.6 Å². The van der Waals surface area contributed by atoms with E-state index in [0.717, 1.165) is 17.3 Å². The highest BCUT2D eigenvalue weighted by Gasteiger charge is 2.06. The minimum atomic E-state index is -0.450. The van der Waals surface area contributed by atoms with Crippen molar-refractivity contribution in [1.82, 2.24) is 5.32 Å². The van der Waals surface area contributed by atoms with Crippen LogP contribution >= 0.6 is 47.2 Å². The molecule has 2 nitrogen and oxygen atoms in total. The maximum Gasteiger partial charge on any atom is 0.170 e. The number of benzene rings is 2. The molecule has 0 aliphatic rings. The molecule has 7 heteroatoms. The molecule has 0 heterocycles. The Bertz CT molecular complexity index is 695. The van der Waals surface area contributed by atoms with Gasteiger partial charge in [0.05, 0.1) is 5.02 Å². The van der Waals surface area contributed by atoms with Gasteiger partial charge in [-0.25, -0.2) is 4.39 Å². The molecule has 0 radical (unpaired) electrons. The molecule has 0 aliphatic heterocycles. The molecule has 0 bridgehead atoms. The van der Waals surface area contributed by atoms with Gasteiger partial charge in [-0.3, -0.25) is 0 Å². The number of rotatable bonds is 6. The van der Waals surface area contributed by atoms with E-state index in [-0.39, 0.29) is 5.02 Å². The normalized spacial score (nSPS) is 11.8. The van der Waals surface area contributed by atoms with Crippen LogP contribution in [0.25, 0.3) is 0 Å². The highest BCUT2D eigenvalue weighted by atomic mass is 35.5. The van der Waals surface area contributed by atoms with Crippen molar-refractivity contribution in [2.45, 2.75) is 11.8 Å². The second-order valence-corrected chi connectivity index (χ2v) is 7.68. The highest BCUT2D eigenvalue weighted by Crippen LogP contribution is 2.22. The van der Waals surface area contributed by atoms with Gasteiger partial charge < -0.3 is 10.6 Å². The molecule has 0 saturated heterocycles. The molecule has 24 heavy (non-hydrogen) atoms. The van der Waals surface area contributed by atoms with Crippen LogP contribution < -0.4 is 10.6 Å². The van der Waals surface area contributed by atoms with Gasteiger partial charge in [0.15, 0.2) is 5.11 Å². The number of thiocarbonyl (C=S) groups is 1. The Kier molecular flexibility index (Phi) is 7.62. The summed E-state index contributed by atoms with van der Waals surface area (Å²) in [5.74, 6) is 0.927. The molecule has 1 atom stereocenters. The van der Waals surface area contributed by atoms with Crippen molar-refractivity contribution in [3.63, 3.8) is 0 Å². The fourth-order valence-electron chi connectivity index (χ4n) is 1.84. The molecule has 0 amide bonds. The Morgan fingerprint density at radius 1 is 1.21 bits per heavy atom. The van der Waals surface area contributed by atoms with Crippen LogP contribution in [-0.4, -0.2) is 17.4 Å². The van der Waals surface area contributed by atoms with Crippen LogP contribution in [0.1, 0.15) is 6.92 Å². The van der Waals surface area contributed by atoms with Gasteiger partial charge in [-0.1, -0.05) is 30.1 Å². The van der Waals surface area contributed by atoms with Crippen LogP contribution in [0.15, 0.2) is 47.4 Å². The van der Waals surface area contributed by atoms with Crippen LogP contribution in [0.2, 0.25) is 10.0 Å². The molecular formula is C17H17Cl2FN2S2. The van der Waals surface area contributed by atoms with E-state index < -0.39 is 5.82 Å². The molecule has 2 rings (SSSR count). The third-order valence-electron chi connectivity index (χ3n) is 3.14. The van der Waals surface area contributed by atoms with E-state index in [0.29, 0.717) is 16.7 Å². The zero-order valence-electron chi connectivity index (χ0n) is 13.0.